The van der Waals surface area contributed by atoms with Gasteiger partial charge in [0.1, 0.15) is 6.04 Å². The van der Waals surface area contributed by atoms with Crippen molar-refractivity contribution in [2.24, 2.45) is 5.73 Å². The van der Waals surface area contributed by atoms with Crippen LogP contribution in [0, 0.1) is 0 Å². The zero-order chi connectivity index (χ0) is 10.7. The Morgan fingerprint density at radius 2 is 2.00 bits per heavy atom. The van der Waals surface area contributed by atoms with Crippen molar-refractivity contribution in [1.29, 1.82) is 0 Å². The maximum Gasteiger partial charge on any atom is 0.349 e. The lowest BCUT2D eigenvalue weighted by molar-refractivity contribution is -0.198. The smallest absolute Gasteiger partial charge is 0.329 e. The maximum atomic E-state index is 11.1. The number of carbonyl (C=O) groups is 3. The van der Waals surface area contributed by atoms with E-state index < -0.39 is 23.8 Å². The van der Waals surface area contributed by atoms with E-state index in [9.17, 15) is 14.4 Å². The van der Waals surface area contributed by atoms with Crippen molar-refractivity contribution < 1.29 is 19.2 Å². The van der Waals surface area contributed by atoms with Crippen molar-refractivity contribution in [1.82, 2.24) is 5.06 Å². The highest BCUT2D eigenvalue weighted by molar-refractivity contribution is 6.01. The number of amides is 2. The van der Waals surface area contributed by atoms with E-state index in [4.69, 9.17) is 5.73 Å². The van der Waals surface area contributed by atoms with Crippen LogP contribution in [-0.2, 0) is 19.2 Å². The summed E-state index contributed by atoms with van der Waals surface area (Å²) in [6.07, 6.45) is 0.579. The minimum atomic E-state index is -0.795. The highest BCUT2D eigenvalue weighted by atomic mass is 16.7. The minimum Gasteiger partial charge on any atom is -0.329 e. The van der Waals surface area contributed by atoms with E-state index in [0.29, 0.717) is 11.5 Å². The van der Waals surface area contributed by atoms with Gasteiger partial charge >= 0.3 is 5.97 Å². The molecule has 0 aliphatic carbocycles. The van der Waals surface area contributed by atoms with Crippen LogP contribution in [0.5, 0.6) is 0 Å². The third-order valence-corrected chi connectivity index (χ3v) is 1.93. The first-order valence-corrected chi connectivity index (χ1v) is 4.39. The van der Waals surface area contributed by atoms with Gasteiger partial charge < -0.3 is 10.6 Å². The Labute approximate surface area is 80.9 Å². The van der Waals surface area contributed by atoms with Crippen molar-refractivity contribution in [3.8, 4) is 0 Å². The van der Waals surface area contributed by atoms with Gasteiger partial charge in [0.25, 0.3) is 11.8 Å². The molecule has 14 heavy (non-hydrogen) atoms. The molecule has 1 rings (SSSR count). The Hall–Kier alpha value is -1.43. The first kappa shape index (κ1) is 10.6. The van der Waals surface area contributed by atoms with Gasteiger partial charge in [0.15, 0.2) is 0 Å². The molecule has 78 valence electrons. The molecule has 1 fully saturated rings. The van der Waals surface area contributed by atoms with E-state index in [2.05, 4.69) is 4.84 Å². The fraction of sp³-hybridized carbons (Fsp3) is 0.625. The minimum absolute atomic E-state index is 0.0908. The SMILES string of the molecule is CC[C@@H](N)C(=O)ON1C(=O)CCC1=O. The third-order valence-electron chi connectivity index (χ3n) is 1.93. The Morgan fingerprint density at radius 1 is 1.50 bits per heavy atom. The summed E-state index contributed by atoms with van der Waals surface area (Å²) in [7, 11) is 0. The second-order valence-corrected chi connectivity index (χ2v) is 3.01. The summed E-state index contributed by atoms with van der Waals surface area (Å²) in [6.45, 7) is 1.71. The maximum absolute atomic E-state index is 11.1. The molecule has 0 aromatic heterocycles. The first-order valence-electron chi connectivity index (χ1n) is 4.39. The zero-order valence-corrected chi connectivity index (χ0v) is 7.86. The average Bonchev–Trinajstić information content (AvgIpc) is 2.48. The van der Waals surface area contributed by atoms with Gasteiger partial charge in [-0.2, -0.15) is 0 Å². The van der Waals surface area contributed by atoms with Crippen LogP contribution in [0.1, 0.15) is 26.2 Å². The first-order chi connectivity index (χ1) is 6.56. The van der Waals surface area contributed by atoms with Crippen LogP contribution < -0.4 is 5.73 Å². The summed E-state index contributed by atoms with van der Waals surface area (Å²) in [4.78, 5) is 37.7. The topological polar surface area (TPSA) is 89.7 Å². The van der Waals surface area contributed by atoms with Crippen LogP contribution in [0.25, 0.3) is 0 Å². The van der Waals surface area contributed by atoms with Gasteiger partial charge in [-0.05, 0) is 6.42 Å². The lowest BCUT2D eigenvalue weighted by atomic mass is 10.2. The fourth-order valence-corrected chi connectivity index (χ4v) is 0.982. The highest BCUT2D eigenvalue weighted by Gasteiger charge is 2.33. The molecule has 6 heteroatoms. The third kappa shape index (κ3) is 2.08. The van der Waals surface area contributed by atoms with Gasteiger partial charge in [-0.3, -0.25) is 9.59 Å². The number of nitrogens with two attached hydrogens (primary N) is 1. The van der Waals surface area contributed by atoms with Crippen LogP contribution in [0.2, 0.25) is 0 Å². The number of nitrogens with zero attached hydrogens (tertiary/aromatic N) is 1. The van der Waals surface area contributed by atoms with Crippen LogP contribution in [0.15, 0.2) is 0 Å². The largest absolute Gasteiger partial charge is 0.349 e. The molecule has 1 saturated heterocycles. The lowest BCUT2D eigenvalue weighted by Crippen LogP contribution is -2.39. The summed E-state index contributed by atoms with van der Waals surface area (Å²) < 4.78 is 0. The molecule has 1 aliphatic rings. The summed E-state index contributed by atoms with van der Waals surface area (Å²) >= 11 is 0. The molecule has 0 spiro atoms. The van der Waals surface area contributed by atoms with E-state index in [-0.39, 0.29) is 12.8 Å². The highest BCUT2D eigenvalue weighted by Crippen LogP contribution is 2.12. The van der Waals surface area contributed by atoms with E-state index in [1.54, 1.807) is 6.92 Å². The molecule has 1 aliphatic heterocycles. The standard InChI is InChI=1S/C8H12N2O4/c1-2-5(9)8(13)14-10-6(11)3-4-7(10)12/h5H,2-4,9H2,1H3/t5-/m1/s1. The summed E-state index contributed by atoms with van der Waals surface area (Å²) in [5, 5.41) is 0.498. The second kappa shape index (κ2) is 4.19. The van der Waals surface area contributed by atoms with Crippen LogP contribution in [0.4, 0.5) is 0 Å². The molecule has 6 nitrogen and oxygen atoms in total. The van der Waals surface area contributed by atoms with Crippen LogP contribution >= 0.6 is 0 Å². The van der Waals surface area contributed by atoms with Gasteiger partial charge in [0, 0.05) is 12.8 Å². The molecule has 2 N–H and O–H groups in total. The van der Waals surface area contributed by atoms with Crippen molar-refractivity contribution in [2.45, 2.75) is 32.2 Å². The number of imide groups is 1. The molecule has 2 amide bonds. The zero-order valence-electron chi connectivity index (χ0n) is 7.86. The van der Waals surface area contributed by atoms with Crippen molar-refractivity contribution in [3.05, 3.63) is 0 Å². The van der Waals surface area contributed by atoms with Gasteiger partial charge in [-0.25, -0.2) is 4.79 Å². The van der Waals surface area contributed by atoms with Crippen molar-refractivity contribution in [3.63, 3.8) is 0 Å². The number of hydroxylamine groups is 2. The van der Waals surface area contributed by atoms with E-state index in [1.165, 1.54) is 0 Å². The molecular formula is C8H12N2O4. The molecule has 0 radical (unpaired) electrons. The molecule has 1 heterocycles. The molecule has 0 bridgehead atoms. The Bertz CT molecular complexity index is 261. The van der Waals surface area contributed by atoms with Crippen molar-refractivity contribution in [2.75, 3.05) is 0 Å². The summed E-state index contributed by atoms with van der Waals surface area (Å²) in [5.74, 6) is -1.74. The lowest BCUT2D eigenvalue weighted by Gasteiger charge is -2.14. The van der Waals surface area contributed by atoms with E-state index >= 15 is 0 Å². The fourth-order valence-electron chi connectivity index (χ4n) is 0.982. The predicted octanol–water partition coefficient (Wildman–Crippen LogP) is -0.669. The monoisotopic (exact) mass is 200 g/mol. The Balaban J connectivity index is 2.55. The van der Waals surface area contributed by atoms with Crippen LogP contribution in [-0.4, -0.2) is 28.9 Å². The summed E-state index contributed by atoms with van der Waals surface area (Å²) in [5.41, 5.74) is 5.36. The van der Waals surface area contributed by atoms with Gasteiger partial charge in [-0.1, -0.05) is 6.92 Å². The number of rotatable bonds is 3. The molecular weight excluding hydrogens is 188 g/mol. The van der Waals surface area contributed by atoms with E-state index in [1.807, 2.05) is 0 Å². The van der Waals surface area contributed by atoms with Crippen molar-refractivity contribution >= 4 is 17.8 Å². The predicted molar refractivity (Wildman–Crippen MR) is 45.4 cm³/mol. The molecule has 0 aromatic rings. The van der Waals surface area contributed by atoms with Gasteiger partial charge in [0.05, 0.1) is 0 Å². The van der Waals surface area contributed by atoms with Gasteiger partial charge in [-0.15, -0.1) is 5.06 Å². The second-order valence-electron chi connectivity index (χ2n) is 3.01. The number of hydrogen-bond donors (Lipinski definition) is 1. The molecule has 0 unspecified atom stereocenters. The number of hydrogen-bond acceptors (Lipinski definition) is 5. The quantitative estimate of drug-likeness (QED) is 0.610. The molecule has 0 saturated carbocycles. The number of carbonyl (C=O) groups excluding carboxylic acids is 3. The molecule has 1 atom stereocenters. The Morgan fingerprint density at radius 3 is 2.43 bits per heavy atom. The average molecular weight is 200 g/mol. The van der Waals surface area contributed by atoms with E-state index in [0.717, 1.165) is 0 Å². The Kier molecular flexibility index (Phi) is 3.19. The normalized spacial score (nSPS) is 18.6. The van der Waals surface area contributed by atoms with Crippen LogP contribution in [0.3, 0.4) is 0 Å². The van der Waals surface area contributed by atoms with Gasteiger partial charge in [0.2, 0.25) is 0 Å². The summed E-state index contributed by atoms with van der Waals surface area (Å²) in [6, 6.07) is -0.795. The molecule has 0 aromatic carbocycles.